The van der Waals surface area contributed by atoms with E-state index in [1.54, 1.807) is 13.3 Å². The second-order valence-electron chi connectivity index (χ2n) is 6.77. The molecule has 0 radical (unpaired) electrons. The second kappa shape index (κ2) is 7.34. The Bertz CT molecular complexity index is 965. The summed E-state index contributed by atoms with van der Waals surface area (Å²) in [5, 5.41) is 0. The Kier molecular flexibility index (Phi) is 4.88. The van der Waals surface area contributed by atoms with Crippen LogP contribution >= 0.6 is 0 Å². The minimum absolute atomic E-state index is 0.303. The Labute approximate surface area is 159 Å². The van der Waals surface area contributed by atoms with Gasteiger partial charge in [0, 0.05) is 39.2 Å². The van der Waals surface area contributed by atoms with Gasteiger partial charge >= 0.3 is 6.18 Å². The van der Waals surface area contributed by atoms with E-state index in [2.05, 4.69) is 24.8 Å². The van der Waals surface area contributed by atoms with Crippen molar-refractivity contribution in [2.24, 2.45) is 5.92 Å². The van der Waals surface area contributed by atoms with E-state index in [0.717, 1.165) is 50.7 Å². The van der Waals surface area contributed by atoms with Crippen molar-refractivity contribution in [3.8, 4) is 11.5 Å². The number of rotatable bonds is 4. The summed E-state index contributed by atoms with van der Waals surface area (Å²) in [6, 6.07) is 1.81. The van der Waals surface area contributed by atoms with E-state index < -0.39 is 11.9 Å². The Morgan fingerprint density at radius 3 is 2.64 bits per heavy atom. The molecule has 148 valence electrons. The predicted octanol–water partition coefficient (Wildman–Crippen LogP) is 3.07. The minimum Gasteiger partial charge on any atom is -0.384 e. The number of halogens is 3. The molecule has 1 fully saturated rings. The van der Waals surface area contributed by atoms with Gasteiger partial charge in [0.25, 0.3) is 0 Å². The molecule has 0 amide bonds. The Morgan fingerprint density at radius 1 is 1.14 bits per heavy atom. The molecule has 0 spiro atoms. The van der Waals surface area contributed by atoms with Crippen LogP contribution in [0.5, 0.6) is 0 Å². The summed E-state index contributed by atoms with van der Waals surface area (Å²) in [7, 11) is 1.71. The smallest absolute Gasteiger partial charge is 0.384 e. The summed E-state index contributed by atoms with van der Waals surface area (Å²) in [5.41, 5.74) is -0.299. The molecule has 1 saturated heterocycles. The van der Waals surface area contributed by atoms with E-state index in [9.17, 15) is 13.2 Å². The average molecular weight is 392 g/mol. The number of aromatic nitrogens is 5. The van der Waals surface area contributed by atoms with Gasteiger partial charge in [0.05, 0.1) is 12.4 Å². The summed E-state index contributed by atoms with van der Waals surface area (Å²) < 4.78 is 45.6. The van der Waals surface area contributed by atoms with Crippen molar-refractivity contribution in [1.82, 2.24) is 24.3 Å². The summed E-state index contributed by atoms with van der Waals surface area (Å²) >= 11 is 0. The van der Waals surface area contributed by atoms with Crippen molar-refractivity contribution in [1.29, 1.82) is 0 Å². The maximum Gasteiger partial charge on any atom is 0.434 e. The monoisotopic (exact) mass is 392 g/mol. The molecule has 3 aromatic heterocycles. The fraction of sp³-hybridized carbons (Fsp3) is 0.444. The highest BCUT2D eigenvalue weighted by atomic mass is 19.4. The zero-order valence-electron chi connectivity index (χ0n) is 15.2. The summed E-state index contributed by atoms with van der Waals surface area (Å²) in [5.74, 6) is 1.61. The zero-order chi connectivity index (χ0) is 19.7. The van der Waals surface area contributed by atoms with Gasteiger partial charge in [-0.3, -0.25) is 4.40 Å². The molecular formula is C18H19F3N6O. The van der Waals surface area contributed by atoms with Crippen molar-refractivity contribution in [2.45, 2.75) is 19.0 Å². The Balaban J connectivity index is 1.63. The third kappa shape index (κ3) is 3.64. The van der Waals surface area contributed by atoms with Gasteiger partial charge in [-0.15, -0.1) is 0 Å². The number of methoxy groups -OCH3 is 1. The summed E-state index contributed by atoms with van der Waals surface area (Å²) in [4.78, 5) is 18.5. The van der Waals surface area contributed by atoms with E-state index in [1.165, 1.54) is 10.6 Å². The number of anilines is 1. The second-order valence-corrected chi connectivity index (χ2v) is 6.77. The summed E-state index contributed by atoms with van der Waals surface area (Å²) in [6.45, 7) is 2.44. The molecule has 0 aromatic carbocycles. The van der Waals surface area contributed by atoms with Gasteiger partial charge in [0.15, 0.2) is 17.2 Å². The predicted molar refractivity (Wildman–Crippen MR) is 95.8 cm³/mol. The van der Waals surface area contributed by atoms with Crippen LogP contribution in [0.25, 0.3) is 17.2 Å². The van der Waals surface area contributed by atoms with Crippen LogP contribution in [-0.2, 0) is 10.9 Å². The fourth-order valence-electron chi connectivity index (χ4n) is 3.41. The molecule has 4 rings (SSSR count). The number of hydrogen-bond donors (Lipinski definition) is 0. The topological polar surface area (TPSA) is 68.4 Å². The third-order valence-corrected chi connectivity index (χ3v) is 4.90. The van der Waals surface area contributed by atoms with Crippen LogP contribution in [0.15, 0.2) is 30.9 Å². The van der Waals surface area contributed by atoms with Crippen LogP contribution in [0.2, 0.25) is 0 Å². The van der Waals surface area contributed by atoms with Gasteiger partial charge < -0.3 is 9.64 Å². The molecule has 10 heteroatoms. The lowest BCUT2D eigenvalue weighted by Crippen LogP contribution is -2.35. The lowest BCUT2D eigenvalue weighted by atomic mass is 9.98. The van der Waals surface area contributed by atoms with E-state index in [1.807, 2.05) is 6.07 Å². The van der Waals surface area contributed by atoms with Gasteiger partial charge in [0.2, 0.25) is 0 Å². The van der Waals surface area contributed by atoms with Crippen LogP contribution in [0, 0.1) is 5.92 Å². The first-order valence-corrected chi connectivity index (χ1v) is 8.93. The highest BCUT2D eigenvalue weighted by molar-refractivity contribution is 5.58. The Hall–Kier alpha value is -2.75. The van der Waals surface area contributed by atoms with Gasteiger partial charge in [-0.1, -0.05) is 0 Å². The van der Waals surface area contributed by atoms with Crippen LogP contribution in [0.4, 0.5) is 19.0 Å². The van der Waals surface area contributed by atoms with E-state index in [-0.39, 0.29) is 0 Å². The maximum atomic E-state index is 13.0. The number of fused-ring (bicyclic) bond motifs is 1. The van der Waals surface area contributed by atoms with E-state index in [0.29, 0.717) is 23.1 Å². The lowest BCUT2D eigenvalue weighted by molar-refractivity contribution is -0.141. The van der Waals surface area contributed by atoms with Crippen molar-refractivity contribution < 1.29 is 17.9 Å². The molecule has 4 heterocycles. The van der Waals surface area contributed by atoms with Gasteiger partial charge in [-0.05, 0) is 24.8 Å². The maximum absolute atomic E-state index is 13.0. The first-order valence-electron chi connectivity index (χ1n) is 8.93. The lowest BCUT2D eigenvalue weighted by Gasteiger charge is -2.32. The third-order valence-electron chi connectivity index (χ3n) is 4.90. The molecule has 28 heavy (non-hydrogen) atoms. The fourth-order valence-corrected chi connectivity index (χ4v) is 3.41. The normalized spacial score (nSPS) is 16.1. The molecular weight excluding hydrogens is 373 g/mol. The first-order chi connectivity index (χ1) is 13.5. The molecule has 0 atom stereocenters. The van der Waals surface area contributed by atoms with Gasteiger partial charge in [-0.2, -0.15) is 13.2 Å². The van der Waals surface area contributed by atoms with Gasteiger partial charge in [0.1, 0.15) is 11.5 Å². The van der Waals surface area contributed by atoms with Crippen molar-refractivity contribution >= 4 is 11.5 Å². The van der Waals surface area contributed by atoms with Crippen LogP contribution in [0.1, 0.15) is 18.5 Å². The standard InChI is InChI=1S/C18H19F3N6O/c1-28-11-12-3-6-26(7-4-12)15-2-5-22-17(25-15)13-8-24-16-9-23-14(10-27(13)16)18(19,20)21/h2,5,8-10,12H,3-4,6-7,11H2,1H3. The van der Waals surface area contributed by atoms with Crippen LogP contribution < -0.4 is 4.90 Å². The number of piperidine rings is 1. The Morgan fingerprint density at radius 2 is 1.93 bits per heavy atom. The van der Waals surface area contributed by atoms with Crippen LogP contribution in [-0.4, -0.2) is 51.1 Å². The number of alkyl halides is 3. The highest BCUT2D eigenvalue weighted by Crippen LogP contribution is 2.29. The molecule has 0 N–H and O–H groups in total. The molecule has 0 unspecified atom stereocenters. The largest absolute Gasteiger partial charge is 0.434 e. The quantitative estimate of drug-likeness (QED) is 0.680. The number of hydrogen-bond acceptors (Lipinski definition) is 6. The number of ether oxygens (including phenoxy) is 1. The van der Waals surface area contributed by atoms with E-state index >= 15 is 0 Å². The van der Waals surface area contributed by atoms with Crippen molar-refractivity contribution in [3.63, 3.8) is 0 Å². The minimum atomic E-state index is -4.54. The van der Waals surface area contributed by atoms with E-state index in [4.69, 9.17) is 4.74 Å². The van der Waals surface area contributed by atoms with Crippen molar-refractivity contribution in [3.05, 3.63) is 36.5 Å². The first kappa shape index (κ1) is 18.6. The molecule has 1 aliphatic heterocycles. The van der Waals surface area contributed by atoms with Crippen molar-refractivity contribution in [2.75, 3.05) is 31.7 Å². The highest BCUT2D eigenvalue weighted by Gasteiger charge is 2.33. The molecule has 0 aliphatic carbocycles. The average Bonchev–Trinajstić information content (AvgIpc) is 3.12. The molecule has 3 aromatic rings. The number of imidazole rings is 1. The SMILES string of the molecule is COCC1CCN(c2ccnc(-c3cnc4cnc(C(F)(F)F)cn34)n2)CC1. The summed E-state index contributed by atoms with van der Waals surface area (Å²) in [6.07, 6.45) is 2.56. The molecule has 1 aliphatic rings. The molecule has 0 bridgehead atoms. The van der Waals surface area contributed by atoms with Crippen LogP contribution in [0.3, 0.4) is 0 Å². The molecule has 0 saturated carbocycles. The zero-order valence-corrected chi connectivity index (χ0v) is 15.2. The van der Waals surface area contributed by atoms with Gasteiger partial charge in [-0.25, -0.2) is 19.9 Å². The number of nitrogens with zero attached hydrogens (tertiary/aromatic N) is 6. The molecule has 7 nitrogen and oxygen atoms in total.